The van der Waals surface area contributed by atoms with E-state index in [-0.39, 0.29) is 24.2 Å². The van der Waals surface area contributed by atoms with Crippen LogP contribution in [0.3, 0.4) is 0 Å². The quantitative estimate of drug-likeness (QED) is 0.718. The number of amides is 2. The molecule has 2 N–H and O–H groups in total. The Labute approximate surface area is 167 Å². The SMILES string of the molecule is CC(CC(=O)NCc1ccc(C(=O)NC2CC2)cc1)c1ccc(C(F)(F)F)cc1. The van der Waals surface area contributed by atoms with Crippen LogP contribution in [0, 0.1) is 0 Å². The smallest absolute Gasteiger partial charge is 0.352 e. The monoisotopic (exact) mass is 404 g/mol. The number of carbonyl (C=O) groups excluding carboxylic acids is 2. The van der Waals surface area contributed by atoms with Crippen molar-refractivity contribution in [1.29, 1.82) is 0 Å². The molecule has 0 bridgehead atoms. The van der Waals surface area contributed by atoms with Crippen molar-refractivity contribution in [2.45, 2.75) is 50.9 Å². The highest BCUT2D eigenvalue weighted by Gasteiger charge is 2.30. The van der Waals surface area contributed by atoms with Crippen molar-refractivity contribution in [3.8, 4) is 0 Å². The van der Waals surface area contributed by atoms with Gasteiger partial charge in [-0.2, -0.15) is 13.2 Å². The van der Waals surface area contributed by atoms with Crippen LogP contribution in [-0.4, -0.2) is 17.9 Å². The highest BCUT2D eigenvalue weighted by atomic mass is 19.4. The van der Waals surface area contributed by atoms with Crippen LogP contribution in [0.2, 0.25) is 0 Å². The lowest BCUT2D eigenvalue weighted by atomic mass is 9.96. The molecule has 1 aliphatic rings. The zero-order chi connectivity index (χ0) is 21.0. The van der Waals surface area contributed by atoms with Crippen molar-refractivity contribution >= 4 is 11.8 Å². The highest BCUT2D eigenvalue weighted by molar-refractivity contribution is 5.94. The minimum Gasteiger partial charge on any atom is -0.352 e. The van der Waals surface area contributed by atoms with E-state index in [9.17, 15) is 22.8 Å². The van der Waals surface area contributed by atoms with Crippen molar-refractivity contribution in [2.24, 2.45) is 0 Å². The van der Waals surface area contributed by atoms with E-state index in [1.165, 1.54) is 12.1 Å². The first kappa shape index (κ1) is 20.9. The van der Waals surface area contributed by atoms with Crippen LogP contribution >= 0.6 is 0 Å². The molecule has 2 amide bonds. The lowest BCUT2D eigenvalue weighted by molar-refractivity contribution is -0.137. The molecule has 0 heterocycles. The molecule has 0 radical (unpaired) electrons. The van der Waals surface area contributed by atoms with Gasteiger partial charge < -0.3 is 10.6 Å². The number of hydrogen-bond donors (Lipinski definition) is 2. The Morgan fingerprint density at radius 3 is 2.21 bits per heavy atom. The number of carbonyl (C=O) groups is 2. The first-order chi connectivity index (χ1) is 13.7. The number of alkyl halides is 3. The lowest BCUT2D eigenvalue weighted by Crippen LogP contribution is -2.25. The Morgan fingerprint density at radius 2 is 1.66 bits per heavy atom. The van der Waals surface area contributed by atoms with Crippen LogP contribution in [0.1, 0.15) is 59.2 Å². The predicted octanol–water partition coefficient (Wildman–Crippen LogP) is 4.41. The second-order valence-electron chi connectivity index (χ2n) is 7.45. The molecule has 3 rings (SSSR count). The maximum Gasteiger partial charge on any atom is 0.416 e. The van der Waals surface area contributed by atoms with E-state index in [1.54, 1.807) is 31.2 Å². The van der Waals surface area contributed by atoms with Crippen molar-refractivity contribution in [2.75, 3.05) is 0 Å². The summed E-state index contributed by atoms with van der Waals surface area (Å²) in [6.45, 7) is 2.12. The summed E-state index contributed by atoms with van der Waals surface area (Å²) in [6.07, 6.45) is -2.14. The molecule has 4 nitrogen and oxygen atoms in total. The van der Waals surface area contributed by atoms with E-state index in [1.807, 2.05) is 0 Å². The summed E-state index contributed by atoms with van der Waals surface area (Å²) in [7, 11) is 0. The first-order valence-corrected chi connectivity index (χ1v) is 9.56. The lowest BCUT2D eigenvalue weighted by Gasteiger charge is -2.14. The molecule has 2 aromatic rings. The van der Waals surface area contributed by atoms with Gasteiger partial charge in [0.1, 0.15) is 0 Å². The Morgan fingerprint density at radius 1 is 1.03 bits per heavy atom. The van der Waals surface area contributed by atoms with E-state index < -0.39 is 11.7 Å². The standard InChI is InChI=1S/C22H23F3N2O2/c1-14(16-6-8-18(9-7-16)22(23,24)25)12-20(28)26-13-15-2-4-17(5-3-15)21(29)27-19-10-11-19/h2-9,14,19H,10-13H2,1H3,(H,26,28)(H,27,29). The molecule has 154 valence electrons. The van der Waals surface area contributed by atoms with Crippen molar-refractivity contribution in [3.63, 3.8) is 0 Å². The van der Waals surface area contributed by atoms with Crippen LogP contribution in [-0.2, 0) is 17.5 Å². The fourth-order valence-corrected chi connectivity index (χ4v) is 2.94. The highest BCUT2D eigenvalue weighted by Crippen LogP contribution is 2.30. The van der Waals surface area contributed by atoms with Crippen LogP contribution in [0.4, 0.5) is 13.2 Å². The minimum absolute atomic E-state index is 0.0894. The Bertz CT molecular complexity index is 857. The molecule has 1 saturated carbocycles. The van der Waals surface area contributed by atoms with Gasteiger partial charge in [-0.05, 0) is 54.2 Å². The number of benzene rings is 2. The normalized spacial score (nSPS) is 14.9. The molecule has 2 aromatic carbocycles. The molecular formula is C22H23F3N2O2. The third kappa shape index (κ3) is 6.07. The second kappa shape index (κ2) is 8.68. The van der Waals surface area contributed by atoms with Crippen molar-refractivity contribution in [3.05, 3.63) is 70.8 Å². The summed E-state index contributed by atoms with van der Waals surface area (Å²) in [5.74, 6) is -0.479. The van der Waals surface area contributed by atoms with Crippen LogP contribution in [0.15, 0.2) is 48.5 Å². The Balaban J connectivity index is 1.47. The zero-order valence-electron chi connectivity index (χ0n) is 16.1. The van der Waals surface area contributed by atoms with Gasteiger partial charge in [0.2, 0.25) is 5.91 Å². The fraction of sp³-hybridized carbons (Fsp3) is 0.364. The van der Waals surface area contributed by atoms with E-state index in [0.717, 1.165) is 30.5 Å². The average molecular weight is 404 g/mol. The maximum atomic E-state index is 12.6. The summed E-state index contributed by atoms with van der Waals surface area (Å²) in [5, 5.41) is 5.72. The number of halogens is 3. The molecule has 0 aromatic heterocycles. The van der Waals surface area contributed by atoms with Crippen molar-refractivity contribution in [1.82, 2.24) is 10.6 Å². The maximum absolute atomic E-state index is 12.6. The van der Waals surface area contributed by atoms with Crippen LogP contribution in [0.5, 0.6) is 0 Å². The molecule has 0 spiro atoms. The molecule has 1 unspecified atom stereocenters. The number of nitrogens with one attached hydrogen (secondary N) is 2. The van der Waals surface area contributed by atoms with Crippen LogP contribution in [0.25, 0.3) is 0 Å². The Kier molecular flexibility index (Phi) is 6.25. The zero-order valence-corrected chi connectivity index (χ0v) is 16.1. The fourth-order valence-electron chi connectivity index (χ4n) is 2.94. The average Bonchev–Trinajstić information content (AvgIpc) is 3.50. The number of rotatable bonds is 7. The second-order valence-corrected chi connectivity index (χ2v) is 7.45. The summed E-state index contributed by atoms with van der Waals surface area (Å²) >= 11 is 0. The molecule has 29 heavy (non-hydrogen) atoms. The third-order valence-corrected chi connectivity index (χ3v) is 4.92. The third-order valence-electron chi connectivity index (χ3n) is 4.92. The van der Waals surface area contributed by atoms with Gasteiger partial charge in [0.25, 0.3) is 5.91 Å². The summed E-state index contributed by atoms with van der Waals surface area (Å²) in [6, 6.07) is 12.2. The summed E-state index contributed by atoms with van der Waals surface area (Å²) in [4.78, 5) is 24.1. The molecule has 0 aliphatic heterocycles. The topological polar surface area (TPSA) is 58.2 Å². The molecule has 1 atom stereocenters. The van der Waals surface area contributed by atoms with E-state index in [4.69, 9.17) is 0 Å². The van der Waals surface area contributed by atoms with E-state index in [2.05, 4.69) is 10.6 Å². The van der Waals surface area contributed by atoms with Crippen molar-refractivity contribution < 1.29 is 22.8 Å². The van der Waals surface area contributed by atoms with E-state index >= 15 is 0 Å². The van der Waals surface area contributed by atoms with Gasteiger partial charge in [-0.3, -0.25) is 9.59 Å². The van der Waals surface area contributed by atoms with Gasteiger partial charge in [0, 0.05) is 24.6 Å². The minimum atomic E-state index is -4.37. The van der Waals surface area contributed by atoms with Gasteiger partial charge in [0.15, 0.2) is 0 Å². The largest absolute Gasteiger partial charge is 0.416 e. The molecule has 7 heteroatoms. The molecule has 1 aliphatic carbocycles. The first-order valence-electron chi connectivity index (χ1n) is 9.56. The Hall–Kier alpha value is -2.83. The van der Waals surface area contributed by atoms with Gasteiger partial charge >= 0.3 is 6.18 Å². The van der Waals surface area contributed by atoms with Gasteiger partial charge in [-0.25, -0.2) is 0 Å². The summed E-state index contributed by atoms with van der Waals surface area (Å²) < 4.78 is 37.9. The van der Waals surface area contributed by atoms with E-state index in [0.29, 0.717) is 23.7 Å². The molecule has 0 saturated heterocycles. The molecule has 1 fully saturated rings. The number of hydrogen-bond acceptors (Lipinski definition) is 2. The van der Waals surface area contributed by atoms with Gasteiger partial charge in [0.05, 0.1) is 5.56 Å². The van der Waals surface area contributed by atoms with Crippen LogP contribution < -0.4 is 10.6 Å². The summed E-state index contributed by atoms with van der Waals surface area (Å²) in [5.41, 5.74) is 1.43. The predicted molar refractivity (Wildman–Crippen MR) is 103 cm³/mol. The van der Waals surface area contributed by atoms with Gasteiger partial charge in [-0.1, -0.05) is 31.2 Å². The molecular weight excluding hydrogens is 381 g/mol. The van der Waals surface area contributed by atoms with Gasteiger partial charge in [-0.15, -0.1) is 0 Å².